The third-order valence-electron chi connectivity index (χ3n) is 2.29. The van der Waals surface area contributed by atoms with Gasteiger partial charge in [-0.25, -0.2) is 4.52 Å². The summed E-state index contributed by atoms with van der Waals surface area (Å²) in [4.78, 5) is 4.38. The number of aryl methyl sites for hydroxylation is 1. The van der Waals surface area contributed by atoms with E-state index >= 15 is 0 Å². The summed E-state index contributed by atoms with van der Waals surface area (Å²) in [6.45, 7) is 4.70. The second kappa shape index (κ2) is 4.49. The fourth-order valence-corrected chi connectivity index (χ4v) is 1.56. The van der Waals surface area contributed by atoms with Gasteiger partial charge in [-0.15, -0.1) is 5.10 Å². The van der Waals surface area contributed by atoms with Gasteiger partial charge >= 0.3 is 0 Å². The normalized spacial score (nSPS) is 12.9. The van der Waals surface area contributed by atoms with Crippen molar-refractivity contribution in [2.24, 2.45) is 0 Å². The molecule has 0 amide bonds. The molecule has 2 aromatic heterocycles. The zero-order chi connectivity index (χ0) is 11.5. The molecule has 2 heterocycles. The van der Waals surface area contributed by atoms with Crippen molar-refractivity contribution in [3.05, 3.63) is 23.9 Å². The summed E-state index contributed by atoms with van der Waals surface area (Å²) in [5.41, 5.74) is 2.03. The van der Waals surface area contributed by atoms with Crippen molar-refractivity contribution in [2.75, 3.05) is 19.0 Å². The van der Waals surface area contributed by atoms with E-state index in [1.54, 1.807) is 11.6 Å². The first-order valence-electron chi connectivity index (χ1n) is 5.27. The van der Waals surface area contributed by atoms with Crippen LogP contribution in [0.5, 0.6) is 0 Å². The number of hydrogen-bond acceptors (Lipinski definition) is 4. The van der Waals surface area contributed by atoms with Crippen LogP contribution in [0.2, 0.25) is 0 Å². The van der Waals surface area contributed by atoms with E-state index in [9.17, 15) is 0 Å². The smallest absolute Gasteiger partial charge is 0.243 e. The fraction of sp³-hybridized carbons (Fsp3) is 0.455. The quantitative estimate of drug-likeness (QED) is 0.848. The molecule has 5 heteroatoms. The van der Waals surface area contributed by atoms with Gasteiger partial charge in [-0.05, 0) is 31.5 Å². The highest BCUT2D eigenvalue weighted by molar-refractivity contribution is 5.45. The van der Waals surface area contributed by atoms with Crippen LogP contribution in [-0.2, 0) is 4.74 Å². The largest absolute Gasteiger partial charge is 0.383 e. The number of pyridine rings is 1. The van der Waals surface area contributed by atoms with Crippen LogP contribution >= 0.6 is 0 Å². The topological polar surface area (TPSA) is 51.5 Å². The molecule has 16 heavy (non-hydrogen) atoms. The molecule has 0 bridgehead atoms. The molecule has 0 spiro atoms. The highest BCUT2D eigenvalue weighted by Gasteiger charge is 2.06. The molecule has 0 saturated heterocycles. The van der Waals surface area contributed by atoms with Crippen LogP contribution in [0.1, 0.15) is 12.5 Å². The average molecular weight is 220 g/mol. The van der Waals surface area contributed by atoms with Crippen molar-refractivity contribution in [3.63, 3.8) is 0 Å². The Kier molecular flexibility index (Phi) is 3.05. The molecule has 86 valence electrons. The summed E-state index contributed by atoms with van der Waals surface area (Å²) in [6.07, 6.45) is 1.91. The van der Waals surface area contributed by atoms with Gasteiger partial charge in [0.2, 0.25) is 5.95 Å². The molecule has 0 radical (unpaired) electrons. The van der Waals surface area contributed by atoms with Crippen LogP contribution in [0, 0.1) is 6.92 Å². The number of hydrogen-bond donors (Lipinski definition) is 1. The first-order valence-corrected chi connectivity index (χ1v) is 5.27. The maximum absolute atomic E-state index is 5.04. The molecule has 5 nitrogen and oxygen atoms in total. The maximum Gasteiger partial charge on any atom is 0.243 e. The van der Waals surface area contributed by atoms with E-state index in [-0.39, 0.29) is 6.04 Å². The van der Waals surface area contributed by atoms with Crippen LogP contribution in [0.15, 0.2) is 18.3 Å². The number of nitrogens with zero attached hydrogens (tertiary/aromatic N) is 3. The molecule has 0 aromatic carbocycles. The molecule has 1 N–H and O–H groups in total. The van der Waals surface area contributed by atoms with E-state index in [1.807, 2.05) is 32.2 Å². The minimum absolute atomic E-state index is 0.198. The summed E-state index contributed by atoms with van der Waals surface area (Å²) in [7, 11) is 1.68. The first-order chi connectivity index (χ1) is 7.69. The third-order valence-corrected chi connectivity index (χ3v) is 2.29. The van der Waals surface area contributed by atoms with Gasteiger partial charge in [0.25, 0.3) is 0 Å². The molecule has 1 unspecified atom stereocenters. The Hall–Kier alpha value is -1.62. The SMILES string of the molecule is COCC(C)Nc1nc2cc(C)ccn2n1. The van der Waals surface area contributed by atoms with Gasteiger partial charge in [0.15, 0.2) is 5.65 Å². The Morgan fingerprint density at radius 2 is 2.38 bits per heavy atom. The van der Waals surface area contributed by atoms with Crippen LogP contribution < -0.4 is 5.32 Å². The molecule has 2 rings (SSSR count). The minimum atomic E-state index is 0.198. The number of methoxy groups -OCH3 is 1. The van der Waals surface area contributed by atoms with Crippen molar-refractivity contribution >= 4 is 11.6 Å². The number of aromatic nitrogens is 3. The highest BCUT2D eigenvalue weighted by Crippen LogP contribution is 2.08. The van der Waals surface area contributed by atoms with Crippen LogP contribution in [0.4, 0.5) is 5.95 Å². The molecule has 1 atom stereocenters. The maximum atomic E-state index is 5.04. The van der Waals surface area contributed by atoms with Crippen LogP contribution in [-0.4, -0.2) is 34.4 Å². The average Bonchev–Trinajstić information content (AvgIpc) is 2.59. The van der Waals surface area contributed by atoms with Crippen molar-refractivity contribution < 1.29 is 4.74 Å². The van der Waals surface area contributed by atoms with Crippen molar-refractivity contribution in [1.82, 2.24) is 14.6 Å². The Bertz CT molecular complexity index is 480. The summed E-state index contributed by atoms with van der Waals surface area (Å²) >= 11 is 0. The summed E-state index contributed by atoms with van der Waals surface area (Å²) in [5, 5.41) is 7.50. The van der Waals surface area contributed by atoms with E-state index < -0.39 is 0 Å². The van der Waals surface area contributed by atoms with Gasteiger partial charge in [-0.2, -0.15) is 4.98 Å². The second-order valence-corrected chi connectivity index (χ2v) is 3.94. The van der Waals surface area contributed by atoms with Crippen LogP contribution in [0.25, 0.3) is 5.65 Å². The van der Waals surface area contributed by atoms with Gasteiger partial charge in [0, 0.05) is 19.3 Å². The van der Waals surface area contributed by atoms with Crippen LogP contribution in [0.3, 0.4) is 0 Å². The first kappa shape index (κ1) is 10.9. The zero-order valence-electron chi connectivity index (χ0n) is 9.77. The standard InChI is InChI=1S/C11H16N4O/c1-8-4-5-15-10(6-8)13-11(14-15)12-9(2)7-16-3/h4-6,9H,7H2,1-3H3,(H,12,14). The van der Waals surface area contributed by atoms with Crippen molar-refractivity contribution in [1.29, 1.82) is 0 Å². The molecule has 0 fully saturated rings. The van der Waals surface area contributed by atoms with E-state index in [0.29, 0.717) is 12.6 Å². The fourth-order valence-electron chi connectivity index (χ4n) is 1.56. The number of ether oxygens (including phenoxy) is 1. The molecular formula is C11H16N4O. The summed E-state index contributed by atoms with van der Waals surface area (Å²) < 4.78 is 6.80. The van der Waals surface area contributed by atoms with Gasteiger partial charge in [0.05, 0.1) is 6.61 Å². The van der Waals surface area contributed by atoms with E-state index in [1.165, 1.54) is 5.56 Å². The minimum Gasteiger partial charge on any atom is -0.383 e. The predicted molar refractivity (Wildman–Crippen MR) is 62.7 cm³/mol. The molecule has 0 aliphatic heterocycles. The van der Waals surface area contributed by atoms with Gasteiger partial charge < -0.3 is 10.1 Å². The Balaban J connectivity index is 2.19. The highest BCUT2D eigenvalue weighted by atomic mass is 16.5. The summed E-state index contributed by atoms with van der Waals surface area (Å²) in [6, 6.07) is 4.20. The summed E-state index contributed by atoms with van der Waals surface area (Å²) in [5.74, 6) is 0.634. The lowest BCUT2D eigenvalue weighted by Gasteiger charge is -2.09. The lowest BCUT2D eigenvalue weighted by atomic mass is 10.3. The molecule has 2 aromatic rings. The van der Waals surface area contributed by atoms with Gasteiger partial charge in [0.1, 0.15) is 0 Å². The number of nitrogens with one attached hydrogen (secondary N) is 1. The molecular weight excluding hydrogens is 204 g/mol. The lowest BCUT2D eigenvalue weighted by Crippen LogP contribution is -2.21. The number of rotatable bonds is 4. The lowest BCUT2D eigenvalue weighted by molar-refractivity contribution is 0.190. The van der Waals surface area contributed by atoms with E-state index in [0.717, 1.165) is 5.65 Å². The van der Waals surface area contributed by atoms with Gasteiger partial charge in [-0.3, -0.25) is 0 Å². The van der Waals surface area contributed by atoms with Crippen molar-refractivity contribution in [2.45, 2.75) is 19.9 Å². The molecule has 0 aliphatic rings. The molecule has 0 saturated carbocycles. The Morgan fingerprint density at radius 1 is 1.56 bits per heavy atom. The second-order valence-electron chi connectivity index (χ2n) is 3.94. The monoisotopic (exact) mass is 220 g/mol. The van der Waals surface area contributed by atoms with E-state index in [4.69, 9.17) is 4.74 Å². The molecule has 0 aliphatic carbocycles. The number of fused-ring (bicyclic) bond motifs is 1. The van der Waals surface area contributed by atoms with Crippen molar-refractivity contribution in [3.8, 4) is 0 Å². The zero-order valence-corrected chi connectivity index (χ0v) is 9.77. The predicted octanol–water partition coefficient (Wildman–Crippen LogP) is 1.48. The van der Waals surface area contributed by atoms with E-state index in [2.05, 4.69) is 15.4 Å². The third kappa shape index (κ3) is 2.30. The Labute approximate surface area is 94.4 Å². The van der Waals surface area contributed by atoms with Gasteiger partial charge in [-0.1, -0.05) is 0 Å². The Morgan fingerprint density at radius 3 is 3.12 bits per heavy atom. The number of anilines is 1.